The van der Waals surface area contributed by atoms with Crippen LogP contribution in [-0.4, -0.2) is 19.9 Å². The fraction of sp³-hybridized carbons (Fsp3) is 0.667. The summed E-state index contributed by atoms with van der Waals surface area (Å²) >= 11 is 0. The van der Waals surface area contributed by atoms with E-state index in [-0.39, 0.29) is 0 Å². The molecule has 2 aliphatic rings. The van der Waals surface area contributed by atoms with Crippen molar-refractivity contribution < 1.29 is 8.42 Å². The van der Waals surface area contributed by atoms with Crippen molar-refractivity contribution >= 4 is 9.84 Å². The molecule has 0 N–H and O–H groups in total. The van der Waals surface area contributed by atoms with Crippen molar-refractivity contribution in [3.05, 3.63) is 12.2 Å². The minimum atomic E-state index is -2.64. The summed E-state index contributed by atoms with van der Waals surface area (Å²) in [5.74, 6) is 1.53. The van der Waals surface area contributed by atoms with Gasteiger partial charge in [0.1, 0.15) is 0 Å². The molecule has 0 aromatic carbocycles. The van der Waals surface area contributed by atoms with Crippen LogP contribution in [0.3, 0.4) is 0 Å². The molecular weight excluding hydrogens is 136 g/mol. The molecule has 0 aromatic heterocycles. The first-order chi connectivity index (χ1) is 4.17. The van der Waals surface area contributed by atoms with Crippen LogP contribution in [-0.2, 0) is 9.84 Å². The monoisotopic (exact) mass is 144 g/mol. The van der Waals surface area contributed by atoms with Gasteiger partial charge in [0.05, 0.1) is 11.5 Å². The second-order valence-corrected chi connectivity index (χ2v) is 4.94. The fourth-order valence-electron chi connectivity index (χ4n) is 1.44. The largest absolute Gasteiger partial charge is 0.229 e. The van der Waals surface area contributed by atoms with Crippen molar-refractivity contribution in [3.8, 4) is 0 Å². The van der Waals surface area contributed by atoms with Crippen LogP contribution >= 0.6 is 0 Å². The maximum Gasteiger partial charge on any atom is 0.151 e. The van der Waals surface area contributed by atoms with E-state index in [0.717, 1.165) is 0 Å². The van der Waals surface area contributed by atoms with E-state index in [4.69, 9.17) is 0 Å². The Bertz CT molecular complexity index is 230. The summed E-state index contributed by atoms with van der Waals surface area (Å²) in [4.78, 5) is 0. The van der Waals surface area contributed by atoms with E-state index in [1.807, 2.05) is 12.2 Å². The van der Waals surface area contributed by atoms with Gasteiger partial charge in [-0.2, -0.15) is 0 Å². The van der Waals surface area contributed by atoms with Gasteiger partial charge in [-0.05, 0) is 11.8 Å². The molecule has 1 aliphatic heterocycles. The summed E-state index contributed by atoms with van der Waals surface area (Å²) in [5, 5.41) is 0. The second-order valence-electron chi connectivity index (χ2n) is 2.79. The van der Waals surface area contributed by atoms with Crippen LogP contribution in [0.15, 0.2) is 12.2 Å². The Labute approximate surface area is 54.5 Å². The minimum absolute atomic E-state index is 0.370. The smallest absolute Gasteiger partial charge is 0.151 e. The van der Waals surface area contributed by atoms with Crippen LogP contribution in [0.2, 0.25) is 0 Å². The first-order valence-corrected chi connectivity index (χ1v) is 4.88. The van der Waals surface area contributed by atoms with Crippen molar-refractivity contribution in [2.24, 2.45) is 11.8 Å². The molecule has 9 heavy (non-hydrogen) atoms. The van der Waals surface area contributed by atoms with Gasteiger partial charge in [-0.3, -0.25) is 0 Å². The third-order valence-electron chi connectivity index (χ3n) is 2.05. The Morgan fingerprint density at radius 2 is 1.56 bits per heavy atom. The third kappa shape index (κ3) is 0.713. The van der Waals surface area contributed by atoms with Gasteiger partial charge in [-0.25, -0.2) is 8.42 Å². The number of hydrogen-bond donors (Lipinski definition) is 0. The highest BCUT2D eigenvalue weighted by atomic mass is 32.2. The summed E-state index contributed by atoms with van der Waals surface area (Å²) in [6.07, 6.45) is 3.99. The quantitative estimate of drug-likeness (QED) is 0.456. The molecule has 0 radical (unpaired) electrons. The number of hydrogen-bond acceptors (Lipinski definition) is 2. The average molecular weight is 144 g/mol. The highest BCUT2D eigenvalue weighted by Crippen LogP contribution is 2.34. The molecular formula is C6H8O2S. The van der Waals surface area contributed by atoms with Crippen molar-refractivity contribution in [2.45, 2.75) is 0 Å². The zero-order valence-electron chi connectivity index (χ0n) is 4.95. The van der Waals surface area contributed by atoms with Crippen LogP contribution in [0.5, 0.6) is 0 Å². The number of fused-ring (bicyclic) bond motifs is 1. The van der Waals surface area contributed by atoms with Crippen molar-refractivity contribution in [2.75, 3.05) is 11.5 Å². The summed E-state index contributed by atoms with van der Waals surface area (Å²) in [6, 6.07) is 0. The maximum atomic E-state index is 10.9. The molecule has 0 spiro atoms. The predicted molar refractivity (Wildman–Crippen MR) is 34.8 cm³/mol. The molecule has 1 saturated heterocycles. The van der Waals surface area contributed by atoms with Gasteiger partial charge in [0.2, 0.25) is 0 Å². The van der Waals surface area contributed by atoms with Crippen LogP contribution < -0.4 is 0 Å². The van der Waals surface area contributed by atoms with Crippen molar-refractivity contribution in [3.63, 3.8) is 0 Å². The highest BCUT2D eigenvalue weighted by molar-refractivity contribution is 7.91. The average Bonchev–Trinajstić information content (AvgIpc) is 1.90. The van der Waals surface area contributed by atoms with Gasteiger partial charge in [0.15, 0.2) is 9.84 Å². The standard InChI is InChI=1S/C6H8O2S/c7-9(8)3-5-1-2-6(5)4-9/h1-2,5-6H,3-4H2/t5-,6+. The summed E-state index contributed by atoms with van der Waals surface area (Å²) in [7, 11) is -2.64. The number of sulfone groups is 1. The zero-order valence-corrected chi connectivity index (χ0v) is 5.76. The van der Waals surface area contributed by atoms with E-state index < -0.39 is 9.84 Å². The van der Waals surface area contributed by atoms with E-state index in [1.165, 1.54) is 0 Å². The first kappa shape index (κ1) is 5.47. The number of allylic oxidation sites excluding steroid dienone is 2. The van der Waals surface area contributed by atoms with E-state index >= 15 is 0 Å². The van der Waals surface area contributed by atoms with Crippen molar-refractivity contribution in [1.82, 2.24) is 0 Å². The molecule has 1 heterocycles. The maximum absolute atomic E-state index is 10.9. The normalized spacial score (nSPS) is 44.0. The minimum Gasteiger partial charge on any atom is -0.229 e. The molecule has 2 atom stereocenters. The van der Waals surface area contributed by atoms with Gasteiger partial charge >= 0.3 is 0 Å². The van der Waals surface area contributed by atoms with Gasteiger partial charge in [-0.1, -0.05) is 12.2 Å². The van der Waals surface area contributed by atoms with Gasteiger partial charge < -0.3 is 0 Å². The first-order valence-electron chi connectivity index (χ1n) is 3.06. The molecule has 2 nitrogen and oxygen atoms in total. The third-order valence-corrected chi connectivity index (χ3v) is 3.83. The molecule has 0 aromatic rings. The Morgan fingerprint density at radius 1 is 1.11 bits per heavy atom. The van der Waals surface area contributed by atoms with Crippen LogP contribution in [0, 0.1) is 11.8 Å². The Balaban J connectivity index is 2.32. The molecule has 0 saturated carbocycles. The van der Waals surface area contributed by atoms with E-state index in [1.54, 1.807) is 0 Å². The zero-order chi connectivity index (χ0) is 6.48. The molecule has 1 fully saturated rings. The van der Waals surface area contributed by atoms with Crippen molar-refractivity contribution in [1.29, 1.82) is 0 Å². The van der Waals surface area contributed by atoms with Gasteiger partial charge in [0, 0.05) is 0 Å². The Hall–Kier alpha value is -0.310. The van der Waals surface area contributed by atoms with Crippen LogP contribution in [0.1, 0.15) is 0 Å². The molecule has 0 bridgehead atoms. The molecule has 0 unspecified atom stereocenters. The van der Waals surface area contributed by atoms with Gasteiger partial charge in [-0.15, -0.1) is 0 Å². The lowest BCUT2D eigenvalue weighted by Crippen LogP contribution is -2.14. The van der Waals surface area contributed by atoms with E-state index in [2.05, 4.69) is 0 Å². The Kier molecular flexibility index (Phi) is 0.850. The van der Waals surface area contributed by atoms with Crippen LogP contribution in [0.4, 0.5) is 0 Å². The van der Waals surface area contributed by atoms with Crippen LogP contribution in [0.25, 0.3) is 0 Å². The summed E-state index contributed by atoms with van der Waals surface area (Å²) in [6.45, 7) is 0. The molecule has 0 amide bonds. The molecule has 50 valence electrons. The SMILES string of the molecule is O=S1(=O)C[C@H]2C=C[C@H]2C1. The lowest BCUT2D eigenvalue weighted by Gasteiger charge is -2.17. The lowest BCUT2D eigenvalue weighted by molar-refractivity contribution is 0.541. The molecule has 2 rings (SSSR count). The topological polar surface area (TPSA) is 34.1 Å². The second kappa shape index (κ2) is 1.40. The fourth-order valence-corrected chi connectivity index (χ4v) is 3.46. The molecule has 1 aliphatic carbocycles. The predicted octanol–water partition coefficient (Wildman–Crippen LogP) is 0.217. The number of rotatable bonds is 0. The lowest BCUT2D eigenvalue weighted by atomic mass is 9.86. The van der Waals surface area contributed by atoms with E-state index in [0.29, 0.717) is 23.3 Å². The highest BCUT2D eigenvalue weighted by Gasteiger charge is 2.38. The summed E-state index contributed by atoms with van der Waals surface area (Å²) in [5.41, 5.74) is 0. The van der Waals surface area contributed by atoms with E-state index in [9.17, 15) is 8.42 Å². The molecule has 3 heteroatoms. The Morgan fingerprint density at radius 3 is 1.78 bits per heavy atom. The van der Waals surface area contributed by atoms with Gasteiger partial charge in [0.25, 0.3) is 0 Å². The summed E-state index contributed by atoms with van der Waals surface area (Å²) < 4.78 is 21.7.